The summed E-state index contributed by atoms with van der Waals surface area (Å²) in [6, 6.07) is 0.0913. The van der Waals surface area contributed by atoms with Crippen LogP contribution in [-0.2, 0) is 0 Å². The van der Waals surface area contributed by atoms with Crippen LogP contribution in [0.4, 0.5) is 5.82 Å². The Balaban J connectivity index is 2.68. The summed E-state index contributed by atoms with van der Waals surface area (Å²) in [4.78, 5) is 0. The summed E-state index contributed by atoms with van der Waals surface area (Å²) in [7, 11) is 0. The van der Waals surface area contributed by atoms with Crippen molar-refractivity contribution in [2.75, 3.05) is 5.73 Å². The zero-order valence-corrected chi connectivity index (χ0v) is 9.46. The summed E-state index contributed by atoms with van der Waals surface area (Å²) in [5.74, 6) is 6.81. The van der Waals surface area contributed by atoms with Crippen molar-refractivity contribution in [1.82, 2.24) is 15.6 Å². The van der Waals surface area contributed by atoms with Gasteiger partial charge in [-0.2, -0.15) is 5.10 Å². The van der Waals surface area contributed by atoms with E-state index in [0.717, 1.165) is 24.8 Å². The molecule has 86 valence electrons. The first-order valence-corrected chi connectivity index (χ1v) is 5.47. The summed E-state index contributed by atoms with van der Waals surface area (Å²) in [6.07, 6.45) is 5.05. The minimum absolute atomic E-state index is 0.0913. The molecule has 0 aromatic carbocycles. The molecule has 5 heteroatoms. The van der Waals surface area contributed by atoms with E-state index >= 15 is 0 Å². The predicted octanol–water partition coefficient (Wildman–Crippen LogP) is 1.32. The van der Waals surface area contributed by atoms with Gasteiger partial charge in [0.15, 0.2) is 0 Å². The molecule has 1 aromatic rings. The Morgan fingerprint density at radius 2 is 2.13 bits per heavy atom. The fourth-order valence-corrected chi connectivity index (χ4v) is 1.82. The molecule has 0 radical (unpaired) electrons. The van der Waals surface area contributed by atoms with E-state index in [4.69, 9.17) is 11.6 Å². The number of aromatic amines is 1. The number of hydrogen-bond acceptors (Lipinski definition) is 4. The molecule has 6 N–H and O–H groups in total. The minimum atomic E-state index is 0.0913. The third-order valence-electron chi connectivity index (χ3n) is 3.00. The number of H-pyrrole nitrogens is 1. The molecule has 1 atom stereocenters. The van der Waals surface area contributed by atoms with Crippen LogP contribution in [0.2, 0.25) is 0 Å². The van der Waals surface area contributed by atoms with Crippen molar-refractivity contribution in [2.24, 2.45) is 11.8 Å². The van der Waals surface area contributed by atoms with Crippen molar-refractivity contribution >= 4 is 5.82 Å². The molecule has 0 bridgehead atoms. The quantitative estimate of drug-likeness (QED) is 0.422. The van der Waals surface area contributed by atoms with Gasteiger partial charge in [-0.25, -0.2) is 0 Å². The first-order chi connectivity index (χ1) is 7.22. The van der Waals surface area contributed by atoms with E-state index in [2.05, 4.69) is 29.5 Å². The van der Waals surface area contributed by atoms with Crippen LogP contribution in [0.3, 0.4) is 0 Å². The van der Waals surface area contributed by atoms with Gasteiger partial charge in [0.25, 0.3) is 0 Å². The first kappa shape index (κ1) is 12.0. The van der Waals surface area contributed by atoms with Crippen molar-refractivity contribution in [3.8, 4) is 0 Å². The second-order valence-electron chi connectivity index (χ2n) is 3.88. The van der Waals surface area contributed by atoms with Crippen LogP contribution in [0.25, 0.3) is 0 Å². The highest BCUT2D eigenvalue weighted by Gasteiger charge is 2.18. The third kappa shape index (κ3) is 2.94. The lowest BCUT2D eigenvalue weighted by Gasteiger charge is -2.20. The van der Waals surface area contributed by atoms with E-state index in [-0.39, 0.29) is 6.04 Å². The maximum absolute atomic E-state index is 5.76. The molecule has 0 saturated heterocycles. The fraction of sp³-hybridized carbons (Fsp3) is 0.700. The Morgan fingerprint density at radius 3 is 2.53 bits per heavy atom. The van der Waals surface area contributed by atoms with Crippen LogP contribution >= 0.6 is 0 Å². The molecule has 1 unspecified atom stereocenters. The van der Waals surface area contributed by atoms with Crippen molar-refractivity contribution in [3.05, 3.63) is 11.8 Å². The lowest BCUT2D eigenvalue weighted by molar-refractivity contribution is 0.375. The van der Waals surface area contributed by atoms with E-state index in [0.29, 0.717) is 11.7 Å². The highest BCUT2D eigenvalue weighted by molar-refractivity contribution is 5.39. The Hall–Kier alpha value is -1.07. The van der Waals surface area contributed by atoms with Gasteiger partial charge >= 0.3 is 0 Å². The number of anilines is 1. The molecule has 1 aromatic heterocycles. The molecule has 0 fully saturated rings. The lowest BCUT2D eigenvalue weighted by atomic mass is 9.92. The predicted molar refractivity (Wildman–Crippen MR) is 61.8 cm³/mol. The maximum atomic E-state index is 5.76. The van der Waals surface area contributed by atoms with Crippen LogP contribution < -0.4 is 17.0 Å². The van der Waals surface area contributed by atoms with E-state index in [1.165, 1.54) is 0 Å². The number of nitrogen functional groups attached to an aromatic ring is 1. The molecule has 1 heterocycles. The van der Waals surface area contributed by atoms with Gasteiger partial charge in [-0.05, 0) is 12.3 Å². The number of nitrogens with two attached hydrogens (primary N) is 2. The van der Waals surface area contributed by atoms with Crippen LogP contribution in [0.1, 0.15) is 44.7 Å². The van der Waals surface area contributed by atoms with Crippen molar-refractivity contribution in [1.29, 1.82) is 0 Å². The average molecular weight is 211 g/mol. The molecule has 0 aliphatic carbocycles. The fourth-order valence-electron chi connectivity index (χ4n) is 1.82. The number of aromatic nitrogens is 2. The molecular weight excluding hydrogens is 190 g/mol. The van der Waals surface area contributed by atoms with E-state index in [1.807, 2.05) is 0 Å². The first-order valence-electron chi connectivity index (χ1n) is 5.47. The van der Waals surface area contributed by atoms with E-state index < -0.39 is 0 Å². The smallest absolute Gasteiger partial charge is 0.123 e. The van der Waals surface area contributed by atoms with Crippen molar-refractivity contribution in [2.45, 2.75) is 39.2 Å². The van der Waals surface area contributed by atoms with Crippen LogP contribution in [0.5, 0.6) is 0 Å². The van der Waals surface area contributed by atoms with Gasteiger partial charge in [0, 0.05) is 5.56 Å². The zero-order chi connectivity index (χ0) is 11.3. The number of hydrazine groups is 1. The maximum Gasteiger partial charge on any atom is 0.123 e. The summed E-state index contributed by atoms with van der Waals surface area (Å²) in [5.41, 5.74) is 9.53. The van der Waals surface area contributed by atoms with Crippen molar-refractivity contribution in [3.63, 3.8) is 0 Å². The second-order valence-corrected chi connectivity index (χ2v) is 3.88. The molecule has 0 aliphatic rings. The summed E-state index contributed by atoms with van der Waals surface area (Å²) < 4.78 is 0. The van der Waals surface area contributed by atoms with Gasteiger partial charge in [0.2, 0.25) is 0 Å². The van der Waals surface area contributed by atoms with E-state index in [1.54, 1.807) is 6.20 Å². The molecular formula is C10H21N5. The Bertz CT molecular complexity index is 279. The molecule has 0 spiro atoms. The van der Waals surface area contributed by atoms with Crippen LogP contribution in [0.15, 0.2) is 6.20 Å². The van der Waals surface area contributed by atoms with Gasteiger partial charge in [0.05, 0.1) is 12.2 Å². The standard InChI is InChI=1S/C10H21N5/c1-3-7(4-2)5-9(14-12)8-6-13-15-10(8)11/h6-7,9,14H,3-5,12H2,1-2H3,(H3,11,13,15). The lowest BCUT2D eigenvalue weighted by Crippen LogP contribution is -2.29. The summed E-state index contributed by atoms with van der Waals surface area (Å²) >= 11 is 0. The number of nitrogens with zero attached hydrogens (tertiary/aromatic N) is 1. The highest BCUT2D eigenvalue weighted by Crippen LogP contribution is 2.26. The average Bonchev–Trinajstić information content (AvgIpc) is 2.67. The molecule has 0 amide bonds. The highest BCUT2D eigenvalue weighted by atomic mass is 15.2. The Kier molecular flexibility index (Phi) is 4.58. The zero-order valence-electron chi connectivity index (χ0n) is 9.46. The van der Waals surface area contributed by atoms with Crippen molar-refractivity contribution < 1.29 is 0 Å². The number of nitrogens with one attached hydrogen (secondary N) is 2. The molecule has 0 saturated carbocycles. The summed E-state index contributed by atoms with van der Waals surface area (Å²) in [6.45, 7) is 4.39. The number of hydrogen-bond donors (Lipinski definition) is 4. The normalized spacial score (nSPS) is 13.3. The molecule has 15 heavy (non-hydrogen) atoms. The van der Waals surface area contributed by atoms with Gasteiger partial charge in [-0.1, -0.05) is 26.7 Å². The Morgan fingerprint density at radius 1 is 1.47 bits per heavy atom. The van der Waals surface area contributed by atoms with Gasteiger partial charge in [0.1, 0.15) is 5.82 Å². The van der Waals surface area contributed by atoms with E-state index in [9.17, 15) is 0 Å². The van der Waals surface area contributed by atoms with Crippen LogP contribution in [-0.4, -0.2) is 10.2 Å². The van der Waals surface area contributed by atoms with Gasteiger partial charge < -0.3 is 5.73 Å². The monoisotopic (exact) mass is 211 g/mol. The molecule has 0 aliphatic heterocycles. The van der Waals surface area contributed by atoms with Gasteiger partial charge in [-0.3, -0.25) is 16.4 Å². The minimum Gasteiger partial charge on any atom is -0.384 e. The number of rotatable bonds is 6. The largest absolute Gasteiger partial charge is 0.384 e. The topological polar surface area (TPSA) is 92.7 Å². The summed E-state index contributed by atoms with van der Waals surface area (Å²) in [5, 5.41) is 6.63. The second kappa shape index (κ2) is 5.72. The van der Waals surface area contributed by atoms with Gasteiger partial charge in [-0.15, -0.1) is 0 Å². The molecule has 1 rings (SSSR count). The Labute approximate surface area is 90.6 Å². The van der Waals surface area contributed by atoms with Crippen LogP contribution in [0, 0.1) is 5.92 Å². The SMILES string of the molecule is CCC(CC)CC(NN)c1cn[nH]c1N. The third-order valence-corrected chi connectivity index (χ3v) is 3.00. The molecule has 5 nitrogen and oxygen atoms in total.